The van der Waals surface area contributed by atoms with E-state index in [1.54, 1.807) is 0 Å². The normalized spacial score (nSPS) is 26.1. The maximum absolute atomic E-state index is 11.7. The van der Waals surface area contributed by atoms with Crippen molar-refractivity contribution in [3.05, 3.63) is 0 Å². The summed E-state index contributed by atoms with van der Waals surface area (Å²) < 4.78 is 0. The minimum Gasteiger partial charge on any atom is -0.352 e. The van der Waals surface area contributed by atoms with Crippen LogP contribution in [0.4, 0.5) is 0 Å². The molecule has 0 aromatic carbocycles. The summed E-state index contributed by atoms with van der Waals surface area (Å²) in [6.45, 7) is 4.67. The summed E-state index contributed by atoms with van der Waals surface area (Å²) in [7, 11) is 1.97. The number of rotatable bonds is 4. The molecule has 3 N–H and O–H groups in total. The van der Waals surface area contributed by atoms with Gasteiger partial charge in [-0.05, 0) is 46.6 Å². The van der Waals surface area contributed by atoms with E-state index in [9.17, 15) is 4.79 Å². The van der Waals surface area contributed by atoms with Gasteiger partial charge in [-0.25, -0.2) is 0 Å². The second-order valence-corrected chi connectivity index (χ2v) is 5.19. The summed E-state index contributed by atoms with van der Waals surface area (Å²) in [5, 5.41) is 3.09. The van der Waals surface area contributed by atoms with E-state index in [-0.39, 0.29) is 5.91 Å². The van der Waals surface area contributed by atoms with Gasteiger partial charge < -0.3 is 11.1 Å². The van der Waals surface area contributed by atoms with E-state index in [4.69, 9.17) is 5.73 Å². The lowest BCUT2D eigenvalue weighted by Crippen LogP contribution is -2.45. The average Bonchev–Trinajstić information content (AvgIpc) is 2.21. The van der Waals surface area contributed by atoms with Crippen molar-refractivity contribution in [2.75, 3.05) is 13.6 Å². The van der Waals surface area contributed by atoms with Crippen LogP contribution in [-0.4, -0.2) is 42.5 Å². The van der Waals surface area contributed by atoms with Crippen molar-refractivity contribution >= 4 is 5.91 Å². The van der Waals surface area contributed by atoms with Crippen LogP contribution >= 0.6 is 0 Å². The highest BCUT2D eigenvalue weighted by atomic mass is 16.2. The van der Waals surface area contributed by atoms with E-state index in [1.807, 2.05) is 11.9 Å². The van der Waals surface area contributed by atoms with E-state index in [2.05, 4.69) is 19.2 Å². The van der Waals surface area contributed by atoms with E-state index >= 15 is 0 Å². The Hall–Kier alpha value is -0.610. The highest BCUT2D eigenvalue weighted by molar-refractivity contribution is 5.78. The van der Waals surface area contributed by atoms with Crippen molar-refractivity contribution in [2.45, 2.75) is 57.7 Å². The van der Waals surface area contributed by atoms with Crippen LogP contribution in [0, 0.1) is 0 Å². The highest BCUT2D eigenvalue weighted by Gasteiger charge is 2.20. The molecule has 0 heterocycles. The van der Waals surface area contributed by atoms with Gasteiger partial charge in [0, 0.05) is 18.1 Å². The van der Waals surface area contributed by atoms with Gasteiger partial charge in [-0.1, -0.05) is 0 Å². The van der Waals surface area contributed by atoms with E-state index in [0.29, 0.717) is 24.7 Å². The van der Waals surface area contributed by atoms with Gasteiger partial charge in [-0.3, -0.25) is 9.69 Å². The minimum absolute atomic E-state index is 0.136. The third kappa shape index (κ3) is 4.49. The second-order valence-electron chi connectivity index (χ2n) is 5.19. The minimum atomic E-state index is 0.136. The number of nitrogens with two attached hydrogens (primary N) is 1. The average molecular weight is 227 g/mol. The molecular formula is C12H25N3O. The van der Waals surface area contributed by atoms with Crippen LogP contribution in [0.1, 0.15) is 39.5 Å². The molecule has 1 saturated carbocycles. The zero-order valence-corrected chi connectivity index (χ0v) is 10.7. The molecule has 0 aromatic heterocycles. The fourth-order valence-electron chi connectivity index (χ4n) is 1.95. The third-order valence-electron chi connectivity index (χ3n) is 3.41. The van der Waals surface area contributed by atoms with Crippen molar-refractivity contribution < 1.29 is 4.79 Å². The largest absolute Gasteiger partial charge is 0.352 e. The molecular weight excluding hydrogens is 202 g/mol. The molecule has 1 rings (SSSR count). The van der Waals surface area contributed by atoms with Crippen LogP contribution in [0.3, 0.4) is 0 Å². The second kappa shape index (κ2) is 6.21. The van der Waals surface area contributed by atoms with E-state index in [1.165, 1.54) is 0 Å². The molecule has 1 amide bonds. The SMILES string of the molecule is CC(C)N(C)CC(=O)NC1CCC(N)CC1. The molecule has 16 heavy (non-hydrogen) atoms. The van der Waals surface area contributed by atoms with Crippen LogP contribution in [-0.2, 0) is 4.79 Å². The fraction of sp³-hybridized carbons (Fsp3) is 0.917. The number of likely N-dealkylation sites (N-methyl/N-ethyl adjacent to an activating group) is 1. The number of amides is 1. The Kier molecular flexibility index (Phi) is 5.22. The number of hydrogen-bond acceptors (Lipinski definition) is 3. The molecule has 0 radical (unpaired) electrons. The molecule has 94 valence electrons. The number of nitrogens with one attached hydrogen (secondary N) is 1. The van der Waals surface area contributed by atoms with Crippen LogP contribution in [0.2, 0.25) is 0 Å². The molecule has 0 spiro atoms. The molecule has 1 fully saturated rings. The van der Waals surface area contributed by atoms with Crippen molar-refractivity contribution in [1.29, 1.82) is 0 Å². The van der Waals surface area contributed by atoms with Gasteiger partial charge in [0.2, 0.25) is 5.91 Å². The summed E-state index contributed by atoms with van der Waals surface area (Å²) in [6.07, 6.45) is 4.12. The first-order chi connectivity index (χ1) is 7.49. The predicted octanol–water partition coefficient (Wildman–Crippen LogP) is 0.713. The van der Waals surface area contributed by atoms with E-state index in [0.717, 1.165) is 25.7 Å². The molecule has 1 aliphatic carbocycles. The smallest absolute Gasteiger partial charge is 0.234 e. The van der Waals surface area contributed by atoms with Gasteiger partial charge >= 0.3 is 0 Å². The quantitative estimate of drug-likeness (QED) is 0.744. The first-order valence-corrected chi connectivity index (χ1v) is 6.24. The zero-order valence-electron chi connectivity index (χ0n) is 10.7. The Morgan fingerprint density at radius 2 is 1.94 bits per heavy atom. The predicted molar refractivity (Wildman–Crippen MR) is 66.1 cm³/mol. The van der Waals surface area contributed by atoms with E-state index < -0.39 is 0 Å². The maximum atomic E-state index is 11.7. The maximum Gasteiger partial charge on any atom is 0.234 e. The Bertz CT molecular complexity index is 222. The van der Waals surface area contributed by atoms with Crippen LogP contribution in [0.5, 0.6) is 0 Å². The number of carbonyl (C=O) groups excluding carboxylic acids is 1. The van der Waals surface area contributed by atoms with Gasteiger partial charge in [0.15, 0.2) is 0 Å². The summed E-state index contributed by atoms with van der Waals surface area (Å²) >= 11 is 0. The van der Waals surface area contributed by atoms with Gasteiger partial charge in [0.25, 0.3) is 0 Å². The topological polar surface area (TPSA) is 58.4 Å². The molecule has 0 saturated heterocycles. The van der Waals surface area contributed by atoms with Crippen molar-refractivity contribution in [1.82, 2.24) is 10.2 Å². The monoisotopic (exact) mass is 227 g/mol. The molecule has 0 atom stereocenters. The molecule has 0 aromatic rings. The van der Waals surface area contributed by atoms with Crippen molar-refractivity contribution in [2.24, 2.45) is 5.73 Å². The standard InChI is InChI=1S/C12H25N3O/c1-9(2)15(3)8-12(16)14-11-6-4-10(13)5-7-11/h9-11H,4-8,13H2,1-3H3,(H,14,16). The number of nitrogens with zero attached hydrogens (tertiary/aromatic N) is 1. The first kappa shape index (κ1) is 13.5. The molecule has 0 aliphatic heterocycles. The van der Waals surface area contributed by atoms with Gasteiger partial charge in [0.1, 0.15) is 0 Å². The zero-order chi connectivity index (χ0) is 12.1. The molecule has 0 unspecified atom stereocenters. The Morgan fingerprint density at radius 3 is 2.44 bits per heavy atom. The molecule has 1 aliphatic rings. The summed E-state index contributed by atoms with van der Waals surface area (Å²) in [5.74, 6) is 0.136. The fourth-order valence-corrected chi connectivity index (χ4v) is 1.95. The third-order valence-corrected chi connectivity index (χ3v) is 3.41. The first-order valence-electron chi connectivity index (χ1n) is 6.24. The highest BCUT2D eigenvalue weighted by Crippen LogP contribution is 2.16. The Morgan fingerprint density at radius 1 is 1.38 bits per heavy atom. The van der Waals surface area contributed by atoms with Crippen molar-refractivity contribution in [3.63, 3.8) is 0 Å². The molecule has 4 nitrogen and oxygen atoms in total. The van der Waals surface area contributed by atoms with Crippen LogP contribution in [0.15, 0.2) is 0 Å². The lowest BCUT2D eigenvalue weighted by atomic mass is 9.92. The van der Waals surface area contributed by atoms with Gasteiger partial charge in [-0.2, -0.15) is 0 Å². The van der Waals surface area contributed by atoms with Gasteiger partial charge in [-0.15, -0.1) is 0 Å². The van der Waals surface area contributed by atoms with Crippen LogP contribution < -0.4 is 11.1 Å². The molecule has 0 bridgehead atoms. The summed E-state index contributed by atoms with van der Waals surface area (Å²) in [4.78, 5) is 13.8. The summed E-state index contributed by atoms with van der Waals surface area (Å²) in [6, 6.07) is 1.09. The Labute approximate surface area is 98.6 Å². The number of carbonyl (C=O) groups is 1. The van der Waals surface area contributed by atoms with Crippen LogP contribution in [0.25, 0.3) is 0 Å². The summed E-state index contributed by atoms with van der Waals surface area (Å²) in [5.41, 5.74) is 5.83. The van der Waals surface area contributed by atoms with Gasteiger partial charge in [0.05, 0.1) is 6.54 Å². The lowest BCUT2D eigenvalue weighted by molar-refractivity contribution is -0.123. The molecule has 4 heteroatoms. The Balaban J connectivity index is 2.24. The number of hydrogen-bond donors (Lipinski definition) is 2. The van der Waals surface area contributed by atoms with Crippen molar-refractivity contribution in [3.8, 4) is 0 Å². The lowest BCUT2D eigenvalue weighted by Gasteiger charge is -2.28.